The van der Waals surface area contributed by atoms with Gasteiger partial charge in [-0.1, -0.05) is 6.07 Å². The first-order valence-corrected chi connectivity index (χ1v) is 10.2. The number of halogens is 2. The number of pyridine rings is 1. The first-order valence-electron chi connectivity index (χ1n) is 10.2. The van der Waals surface area contributed by atoms with Crippen LogP contribution in [0.2, 0.25) is 0 Å². The van der Waals surface area contributed by atoms with Crippen LogP contribution in [0.3, 0.4) is 0 Å². The molecule has 0 radical (unpaired) electrons. The van der Waals surface area contributed by atoms with Crippen LogP contribution in [0.1, 0.15) is 18.5 Å². The lowest BCUT2D eigenvalue weighted by Gasteiger charge is -2.16. The summed E-state index contributed by atoms with van der Waals surface area (Å²) >= 11 is 0. The summed E-state index contributed by atoms with van der Waals surface area (Å²) in [4.78, 5) is 27.6. The first-order chi connectivity index (χ1) is 15.1. The van der Waals surface area contributed by atoms with E-state index in [1.165, 1.54) is 6.07 Å². The minimum Gasteiger partial charge on any atom is -0.325 e. The van der Waals surface area contributed by atoms with E-state index in [0.717, 1.165) is 43.0 Å². The molecular formula is C23H22ClFN6O. The van der Waals surface area contributed by atoms with E-state index in [4.69, 9.17) is 0 Å². The third-order valence-electron chi connectivity index (χ3n) is 5.42. The molecule has 5 rings (SSSR count). The number of nitrogens with zero attached hydrogens (tertiary/aromatic N) is 5. The van der Waals surface area contributed by atoms with Gasteiger partial charge in [0.25, 0.3) is 0 Å². The number of fused-ring (bicyclic) bond motifs is 1. The van der Waals surface area contributed by atoms with Crippen molar-refractivity contribution in [1.29, 1.82) is 0 Å². The average molecular weight is 453 g/mol. The third-order valence-corrected chi connectivity index (χ3v) is 5.42. The normalized spacial score (nSPS) is 13.2. The van der Waals surface area contributed by atoms with E-state index in [2.05, 4.69) is 20.3 Å². The maximum absolute atomic E-state index is 14.6. The number of aryl methyl sites for hydroxylation is 1. The number of urea groups is 1. The predicted molar refractivity (Wildman–Crippen MR) is 123 cm³/mol. The Kier molecular flexibility index (Phi) is 6.05. The molecule has 0 saturated carbocycles. The molecule has 0 aliphatic carbocycles. The molecule has 7 nitrogen and oxygen atoms in total. The highest BCUT2D eigenvalue weighted by Gasteiger charge is 2.19. The Labute approximate surface area is 190 Å². The van der Waals surface area contributed by atoms with Crippen molar-refractivity contribution in [2.24, 2.45) is 0 Å². The van der Waals surface area contributed by atoms with Gasteiger partial charge in [-0.3, -0.25) is 9.38 Å². The van der Waals surface area contributed by atoms with Crippen molar-refractivity contribution < 1.29 is 9.18 Å². The van der Waals surface area contributed by atoms with Gasteiger partial charge in [-0.15, -0.1) is 12.4 Å². The minimum atomic E-state index is -0.414. The number of benzene rings is 1. The number of amides is 2. The lowest BCUT2D eigenvalue weighted by Crippen LogP contribution is -2.32. The molecular weight excluding hydrogens is 431 g/mol. The van der Waals surface area contributed by atoms with Gasteiger partial charge < -0.3 is 10.2 Å². The number of hydrogen-bond acceptors (Lipinski definition) is 4. The van der Waals surface area contributed by atoms with Gasteiger partial charge >= 0.3 is 6.03 Å². The molecule has 1 aromatic carbocycles. The second-order valence-corrected chi connectivity index (χ2v) is 7.61. The zero-order chi connectivity index (χ0) is 21.4. The summed E-state index contributed by atoms with van der Waals surface area (Å²) in [6.45, 7) is 3.42. The summed E-state index contributed by atoms with van der Waals surface area (Å²) < 4.78 is 16.4. The van der Waals surface area contributed by atoms with E-state index in [-0.39, 0.29) is 18.4 Å². The molecule has 2 amide bonds. The molecule has 4 heterocycles. The lowest BCUT2D eigenvalue weighted by atomic mass is 10.1. The molecule has 1 saturated heterocycles. The van der Waals surface area contributed by atoms with E-state index in [9.17, 15) is 9.18 Å². The van der Waals surface area contributed by atoms with Crippen molar-refractivity contribution in [3.63, 3.8) is 0 Å². The SMILES string of the molecule is Cc1cccc(-c2cnc3nc(-c4cc(NC(=O)N5CCCC5)ccc4F)ccn23)n1.Cl. The van der Waals surface area contributed by atoms with Crippen molar-refractivity contribution in [1.82, 2.24) is 24.3 Å². The molecule has 9 heteroatoms. The molecule has 32 heavy (non-hydrogen) atoms. The van der Waals surface area contributed by atoms with Crippen LogP contribution in [-0.2, 0) is 0 Å². The number of rotatable bonds is 3. The van der Waals surface area contributed by atoms with E-state index >= 15 is 0 Å². The number of aromatic nitrogens is 4. The fraction of sp³-hybridized carbons (Fsp3) is 0.217. The van der Waals surface area contributed by atoms with Crippen molar-refractivity contribution in [2.75, 3.05) is 18.4 Å². The fourth-order valence-electron chi connectivity index (χ4n) is 3.82. The van der Waals surface area contributed by atoms with Crippen molar-refractivity contribution in [3.8, 4) is 22.6 Å². The van der Waals surface area contributed by atoms with Gasteiger partial charge in [0.1, 0.15) is 5.82 Å². The van der Waals surface area contributed by atoms with Gasteiger partial charge in [0.05, 0.1) is 23.3 Å². The number of nitrogens with one attached hydrogen (secondary N) is 1. The van der Waals surface area contributed by atoms with Gasteiger partial charge in [-0.2, -0.15) is 0 Å². The Balaban J connectivity index is 0.00000245. The molecule has 0 atom stereocenters. The molecule has 1 aliphatic rings. The van der Waals surface area contributed by atoms with E-state index in [1.54, 1.807) is 35.5 Å². The number of likely N-dealkylation sites (tertiary alicyclic amines) is 1. The summed E-state index contributed by atoms with van der Waals surface area (Å²) in [5.74, 6) is 0.0323. The molecule has 4 aromatic rings. The smallest absolute Gasteiger partial charge is 0.321 e. The molecule has 3 aromatic heterocycles. The Morgan fingerprint density at radius 3 is 2.66 bits per heavy atom. The van der Waals surface area contributed by atoms with Crippen LogP contribution in [0.15, 0.2) is 54.9 Å². The Morgan fingerprint density at radius 2 is 1.88 bits per heavy atom. The highest BCUT2D eigenvalue weighted by molar-refractivity contribution is 5.90. The summed E-state index contributed by atoms with van der Waals surface area (Å²) in [6, 6.07) is 11.9. The van der Waals surface area contributed by atoms with Crippen LogP contribution in [0.5, 0.6) is 0 Å². The molecule has 1 fully saturated rings. The fourth-order valence-corrected chi connectivity index (χ4v) is 3.82. The van der Waals surface area contributed by atoms with Crippen LogP contribution in [0.4, 0.5) is 14.9 Å². The quantitative estimate of drug-likeness (QED) is 0.477. The zero-order valence-electron chi connectivity index (χ0n) is 17.5. The maximum atomic E-state index is 14.6. The molecule has 1 aliphatic heterocycles. The average Bonchev–Trinajstić information content (AvgIpc) is 3.45. The Hall–Kier alpha value is -3.52. The van der Waals surface area contributed by atoms with Gasteiger partial charge in [0.15, 0.2) is 0 Å². The van der Waals surface area contributed by atoms with Crippen LogP contribution >= 0.6 is 12.4 Å². The second kappa shape index (κ2) is 8.92. The number of carbonyl (C=O) groups is 1. The number of imidazole rings is 1. The molecule has 0 bridgehead atoms. The van der Waals surface area contributed by atoms with Crippen molar-refractivity contribution in [3.05, 3.63) is 66.4 Å². The Bertz CT molecular complexity index is 1280. The van der Waals surface area contributed by atoms with Crippen LogP contribution in [0, 0.1) is 12.7 Å². The van der Waals surface area contributed by atoms with Gasteiger partial charge in [0, 0.05) is 36.2 Å². The van der Waals surface area contributed by atoms with Crippen LogP contribution < -0.4 is 5.32 Å². The van der Waals surface area contributed by atoms with E-state index in [1.807, 2.05) is 29.5 Å². The lowest BCUT2D eigenvalue weighted by molar-refractivity contribution is 0.222. The van der Waals surface area contributed by atoms with Gasteiger partial charge in [-0.05, 0) is 56.2 Å². The van der Waals surface area contributed by atoms with Crippen molar-refractivity contribution in [2.45, 2.75) is 19.8 Å². The first kappa shape index (κ1) is 21.7. The molecule has 0 spiro atoms. The van der Waals surface area contributed by atoms with Crippen molar-refractivity contribution >= 4 is 29.9 Å². The predicted octanol–water partition coefficient (Wildman–Crippen LogP) is 4.96. The number of hydrogen-bond donors (Lipinski definition) is 1. The minimum absolute atomic E-state index is 0. The van der Waals surface area contributed by atoms with Crippen LogP contribution in [0.25, 0.3) is 28.4 Å². The topological polar surface area (TPSA) is 75.4 Å². The van der Waals surface area contributed by atoms with E-state index < -0.39 is 5.82 Å². The Morgan fingerprint density at radius 1 is 1.06 bits per heavy atom. The summed E-state index contributed by atoms with van der Waals surface area (Å²) in [5.41, 5.74) is 3.79. The highest BCUT2D eigenvalue weighted by Crippen LogP contribution is 2.27. The summed E-state index contributed by atoms with van der Waals surface area (Å²) in [5, 5.41) is 2.85. The highest BCUT2D eigenvalue weighted by atomic mass is 35.5. The molecule has 164 valence electrons. The number of anilines is 1. The molecule has 0 unspecified atom stereocenters. The zero-order valence-corrected chi connectivity index (χ0v) is 18.3. The molecule has 1 N–H and O–H groups in total. The maximum Gasteiger partial charge on any atom is 0.321 e. The van der Waals surface area contributed by atoms with E-state index in [0.29, 0.717) is 22.7 Å². The second-order valence-electron chi connectivity index (χ2n) is 7.61. The number of carbonyl (C=O) groups excluding carboxylic acids is 1. The third kappa shape index (κ3) is 4.13. The van der Waals surface area contributed by atoms with Gasteiger partial charge in [0.2, 0.25) is 5.78 Å². The summed E-state index contributed by atoms with van der Waals surface area (Å²) in [7, 11) is 0. The largest absolute Gasteiger partial charge is 0.325 e. The van der Waals surface area contributed by atoms with Crippen LogP contribution in [-0.4, -0.2) is 43.4 Å². The summed E-state index contributed by atoms with van der Waals surface area (Å²) in [6.07, 6.45) is 5.53. The monoisotopic (exact) mass is 452 g/mol. The standard InChI is InChI=1S/C23H21FN6O.ClH/c1-15-5-4-6-20(26-15)21-14-25-22-28-19(9-12-30(21)22)17-13-16(7-8-18(17)24)27-23(31)29-10-2-3-11-29;/h4-9,12-14H,2-3,10-11H2,1H3,(H,27,31);1H. The van der Waals surface area contributed by atoms with Gasteiger partial charge in [-0.25, -0.2) is 19.2 Å².